The van der Waals surface area contributed by atoms with Crippen LogP contribution in [0.5, 0.6) is 5.75 Å². The van der Waals surface area contributed by atoms with Gasteiger partial charge in [0.1, 0.15) is 12.3 Å². The van der Waals surface area contributed by atoms with E-state index in [4.69, 9.17) is 21.1 Å². The molecule has 2 aromatic carbocycles. The Kier molecular flexibility index (Phi) is 6.16. The Labute approximate surface area is 171 Å². The number of hydrogen-bond acceptors (Lipinski definition) is 5. The topological polar surface area (TPSA) is 69.9 Å². The number of rotatable bonds is 5. The van der Waals surface area contributed by atoms with Gasteiger partial charge in [-0.05, 0) is 55.3 Å². The number of halogens is 1. The minimum atomic E-state index is -0.450. The first-order valence-electron chi connectivity index (χ1n) is 8.50. The largest absolute Gasteiger partial charge is 0.484 e. The zero-order chi connectivity index (χ0) is 20.3. The number of methoxy groups -OCH3 is 1. The summed E-state index contributed by atoms with van der Waals surface area (Å²) in [7, 11) is 1.33. The zero-order valence-electron chi connectivity index (χ0n) is 15.7. The van der Waals surface area contributed by atoms with Gasteiger partial charge in [-0.2, -0.15) is 4.99 Å². The number of ether oxygens (including phenoxy) is 2. The van der Waals surface area contributed by atoms with Crippen LogP contribution in [0.15, 0.2) is 41.4 Å². The van der Waals surface area contributed by atoms with Gasteiger partial charge >= 0.3 is 5.97 Å². The summed E-state index contributed by atoms with van der Waals surface area (Å²) >= 11 is 7.19. The molecule has 0 saturated carbocycles. The van der Waals surface area contributed by atoms with Crippen molar-refractivity contribution in [1.29, 1.82) is 0 Å². The molecule has 0 unspecified atom stereocenters. The van der Waals surface area contributed by atoms with Crippen LogP contribution < -0.4 is 9.54 Å². The fourth-order valence-corrected chi connectivity index (χ4v) is 4.18. The number of thiazole rings is 1. The number of benzene rings is 2. The molecule has 0 aliphatic rings. The van der Waals surface area contributed by atoms with E-state index in [9.17, 15) is 9.59 Å². The lowest BCUT2D eigenvalue weighted by molar-refractivity contribution is -0.141. The van der Waals surface area contributed by atoms with E-state index in [-0.39, 0.29) is 13.2 Å². The van der Waals surface area contributed by atoms with Gasteiger partial charge in [-0.15, -0.1) is 0 Å². The first kappa shape index (κ1) is 20.1. The minimum absolute atomic E-state index is 0.0233. The lowest BCUT2D eigenvalue weighted by Crippen LogP contribution is -2.23. The third kappa shape index (κ3) is 4.61. The number of aromatic nitrogens is 1. The number of amides is 1. The summed E-state index contributed by atoms with van der Waals surface area (Å²) in [6.45, 7) is 3.72. The van der Waals surface area contributed by atoms with Crippen molar-refractivity contribution < 1.29 is 19.1 Å². The van der Waals surface area contributed by atoms with Crippen molar-refractivity contribution in [1.82, 2.24) is 4.57 Å². The maximum Gasteiger partial charge on any atom is 0.325 e. The van der Waals surface area contributed by atoms with Crippen LogP contribution in [-0.2, 0) is 20.9 Å². The van der Waals surface area contributed by atoms with Crippen molar-refractivity contribution in [2.24, 2.45) is 4.99 Å². The summed E-state index contributed by atoms with van der Waals surface area (Å²) in [5, 5.41) is 0.586. The molecule has 0 aliphatic heterocycles. The van der Waals surface area contributed by atoms with Crippen molar-refractivity contribution in [3.8, 4) is 5.75 Å². The van der Waals surface area contributed by atoms with Crippen LogP contribution in [0.2, 0.25) is 5.02 Å². The van der Waals surface area contributed by atoms with Crippen molar-refractivity contribution in [3.63, 3.8) is 0 Å². The van der Waals surface area contributed by atoms with Crippen LogP contribution in [0, 0.1) is 13.8 Å². The Morgan fingerprint density at radius 3 is 2.57 bits per heavy atom. The van der Waals surface area contributed by atoms with E-state index >= 15 is 0 Å². The molecule has 3 aromatic rings. The molecule has 0 saturated heterocycles. The quantitative estimate of drug-likeness (QED) is 0.593. The van der Waals surface area contributed by atoms with Gasteiger partial charge in [-0.3, -0.25) is 9.59 Å². The number of carbonyl (C=O) groups excluding carboxylic acids is 2. The lowest BCUT2D eigenvalue weighted by Gasteiger charge is -2.07. The molecule has 0 N–H and O–H groups in total. The molecule has 28 heavy (non-hydrogen) atoms. The highest BCUT2D eigenvalue weighted by Crippen LogP contribution is 2.23. The summed E-state index contributed by atoms with van der Waals surface area (Å²) in [4.78, 5) is 28.8. The van der Waals surface area contributed by atoms with Crippen molar-refractivity contribution in [2.75, 3.05) is 13.7 Å². The standard InChI is InChI=1S/C20H19ClN2O4S/c1-12-8-13(2)19-16(9-12)28-20(23(19)10-18(25)26-3)22-17(24)11-27-15-6-4-14(21)5-7-15/h4-9H,10-11H2,1-3H3. The SMILES string of the molecule is COC(=O)Cn1c(=NC(=O)COc2ccc(Cl)cc2)sc2cc(C)cc(C)c21. The summed E-state index contributed by atoms with van der Waals surface area (Å²) < 4.78 is 12.9. The number of fused-ring (bicyclic) bond motifs is 1. The van der Waals surface area contributed by atoms with Gasteiger partial charge in [0.15, 0.2) is 11.4 Å². The maximum absolute atomic E-state index is 12.3. The van der Waals surface area contributed by atoms with Crippen LogP contribution in [0.1, 0.15) is 11.1 Å². The molecule has 0 radical (unpaired) electrons. The van der Waals surface area contributed by atoms with Crippen molar-refractivity contribution in [3.05, 3.63) is 57.3 Å². The lowest BCUT2D eigenvalue weighted by atomic mass is 10.1. The van der Waals surface area contributed by atoms with Gasteiger partial charge in [-0.1, -0.05) is 29.0 Å². The fraction of sp³-hybridized carbons (Fsp3) is 0.250. The molecule has 1 heterocycles. The van der Waals surface area contributed by atoms with E-state index in [0.29, 0.717) is 15.6 Å². The highest BCUT2D eigenvalue weighted by atomic mass is 35.5. The van der Waals surface area contributed by atoms with Crippen LogP contribution >= 0.6 is 22.9 Å². The molecule has 6 nitrogen and oxygen atoms in total. The maximum atomic E-state index is 12.3. The van der Waals surface area contributed by atoms with Gasteiger partial charge in [-0.25, -0.2) is 0 Å². The molecular weight excluding hydrogens is 400 g/mol. The molecule has 3 rings (SSSR count). The third-order valence-corrected chi connectivity index (χ3v) is 5.30. The van der Waals surface area contributed by atoms with Crippen LogP contribution in [0.4, 0.5) is 0 Å². The average Bonchev–Trinajstić information content (AvgIpc) is 2.98. The molecule has 0 bridgehead atoms. The van der Waals surface area contributed by atoms with E-state index in [1.807, 2.05) is 26.0 Å². The monoisotopic (exact) mass is 418 g/mol. The predicted octanol–water partition coefficient (Wildman–Crippen LogP) is 3.65. The highest BCUT2D eigenvalue weighted by Gasteiger charge is 2.14. The van der Waals surface area contributed by atoms with Gasteiger partial charge < -0.3 is 14.0 Å². The van der Waals surface area contributed by atoms with E-state index in [2.05, 4.69) is 4.99 Å². The second kappa shape index (κ2) is 8.58. The third-order valence-electron chi connectivity index (χ3n) is 4.02. The second-order valence-corrected chi connectivity index (χ2v) is 7.67. The summed E-state index contributed by atoms with van der Waals surface area (Å²) in [6.07, 6.45) is 0. The molecule has 8 heteroatoms. The van der Waals surface area contributed by atoms with Crippen molar-refractivity contribution >= 4 is 45.0 Å². The number of nitrogens with zero attached hydrogens (tertiary/aromatic N) is 2. The summed E-state index contributed by atoms with van der Waals surface area (Å²) in [5.41, 5.74) is 2.97. The number of carbonyl (C=O) groups is 2. The van der Waals surface area contributed by atoms with Crippen LogP contribution in [0.3, 0.4) is 0 Å². The molecule has 0 aliphatic carbocycles. The van der Waals surface area contributed by atoms with Crippen molar-refractivity contribution in [2.45, 2.75) is 20.4 Å². The van der Waals surface area contributed by atoms with E-state index in [1.54, 1.807) is 28.8 Å². The normalized spacial score (nSPS) is 11.6. The van der Waals surface area contributed by atoms with E-state index in [0.717, 1.165) is 21.3 Å². The van der Waals surface area contributed by atoms with Gasteiger partial charge in [0, 0.05) is 5.02 Å². The molecule has 1 aromatic heterocycles. The first-order chi connectivity index (χ1) is 13.4. The molecular formula is C20H19ClN2O4S. The fourth-order valence-electron chi connectivity index (χ4n) is 2.83. The molecule has 146 valence electrons. The van der Waals surface area contributed by atoms with Crippen LogP contribution in [-0.4, -0.2) is 30.2 Å². The van der Waals surface area contributed by atoms with E-state index < -0.39 is 11.9 Å². The molecule has 0 spiro atoms. The Hall–Kier alpha value is -2.64. The number of hydrogen-bond donors (Lipinski definition) is 0. The molecule has 1 amide bonds. The smallest absolute Gasteiger partial charge is 0.325 e. The molecule has 0 fully saturated rings. The number of aryl methyl sites for hydroxylation is 2. The second-order valence-electron chi connectivity index (χ2n) is 6.22. The zero-order valence-corrected chi connectivity index (χ0v) is 17.3. The molecule has 0 atom stereocenters. The average molecular weight is 419 g/mol. The number of esters is 1. The first-order valence-corrected chi connectivity index (χ1v) is 9.70. The van der Waals surface area contributed by atoms with Gasteiger partial charge in [0.25, 0.3) is 5.91 Å². The van der Waals surface area contributed by atoms with Gasteiger partial charge in [0.2, 0.25) is 0 Å². The predicted molar refractivity (Wildman–Crippen MR) is 109 cm³/mol. The minimum Gasteiger partial charge on any atom is -0.484 e. The van der Waals surface area contributed by atoms with E-state index in [1.165, 1.54) is 18.4 Å². The summed E-state index contributed by atoms with van der Waals surface area (Å²) in [6, 6.07) is 10.8. The van der Waals surface area contributed by atoms with Crippen LogP contribution in [0.25, 0.3) is 10.2 Å². The Bertz CT molecular complexity index is 1100. The highest BCUT2D eigenvalue weighted by molar-refractivity contribution is 7.16. The van der Waals surface area contributed by atoms with Gasteiger partial charge in [0.05, 0.1) is 17.3 Å². The Balaban J connectivity index is 1.94. The Morgan fingerprint density at radius 1 is 1.18 bits per heavy atom. The Morgan fingerprint density at radius 2 is 1.89 bits per heavy atom. The summed E-state index contributed by atoms with van der Waals surface area (Å²) in [5.74, 6) is -0.335.